The number of fused-ring (bicyclic) bond motifs is 1. The average Bonchev–Trinajstić information content (AvgIpc) is 3.10. The van der Waals surface area contributed by atoms with Crippen LogP contribution in [0.4, 0.5) is 13.2 Å². The van der Waals surface area contributed by atoms with Gasteiger partial charge < -0.3 is 9.72 Å². The Bertz CT molecular complexity index is 1590. The lowest BCUT2D eigenvalue weighted by Crippen LogP contribution is -2.50. The van der Waals surface area contributed by atoms with Crippen molar-refractivity contribution in [1.29, 1.82) is 0 Å². The summed E-state index contributed by atoms with van der Waals surface area (Å²) < 4.78 is 49.2. The van der Waals surface area contributed by atoms with Gasteiger partial charge in [0.15, 0.2) is 4.87 Å². The van der Waals surface area contributed by atoms with Gasteiger partial charge in [-0.15, -0.1) is 11.6 Å². The molecule has 0 saturated heterocycles. The molecule has 0 fully saturated rings. The second-order valence-electron chi connectivity index (χ2n) is 8.14. The number of halogens is 4. The molecular formula is C23H20ClF3N4O5. The highest BCUT2D eigenvalue weighted by atomic mass is 35.5. The highest BCUT2D eigenvalue weighted by Crippen LogP contribution is 2.45. The smallest absolute Gasteiger partial charge is 0.411 e. The van der Waals surface area contributed by atoms with Crippen LogP contribution in [0.3, 0.4) is 0 Å². The Morgan fingerprint density at radius 2 is 1.94 bits per heavy atom. The van der Waals surface area contributed by atoms with Crippen molar-refractivity contribution in [2.75, 3.05) is 6.61 Å². The zero-order valence-corrected chi connectivity index (χ0v) is 19.8. The predicted molar refractivity (Wildman–Crippen MR) is 126 cm³/mol. The molecule has 0 aliphatic heterocycles. The van der Waals surface area contributed by atoms with Crippen molar-refractivity contribution in [3.8, 4) is 5.69 Å². The van der Waals surface area contributed by atoms with Crippen molar-refractivity contribution in [2.45, 2.75) is 24.5 Å². The minimum atomic E-state index is -4.90. The molecule has 4 rings (SSSR count). The van der Waals surface area contributed by atoms with Gasteiger partial charge in [-0.3, -0.25) is 18.5 Å². The van der Waals surface area contributed by atoms with E-state index in [1.54, 1.807) is 0 Å². The van der Waals surface area contributed by atoms with Crippen molar-refractivity contribution in [3.63, 3.8) is 0 Å². The van der Waals surface area contributed by atoms with E-state index in [0.29, 0.717) is 15.6 Å². The highest BCUT2D eigenvalue weighted by molar-refractivity contribution is 6.26. The van der Waals surface area contributed by atoms with Crippen LogP contribution in [0.15, 0.2) is 63.1 Å². The Balaban J connectivity index is 1.93. The van der Waals surface area contributed by atoms with Crippen molar-refractivity contribution in [3.05, 3.63) is 85.6 Å². The van der Waals surface area contributed by atoms with Gasteiger partial charge >= 0.3 is 23.5 Å². The number of aromatic nitrogens is 4. The molecule has 1 aliphatic rings. The monoisotopic (exact) mass is 524 g/mol. The van der Waals surface area contributed by atoms with Crippen LogP contribution in [-0.2, 0) is 18.3 Å². The van der Waals surface area contributed by atoms with Crippen molar-refractivity contribution >= 4 is 28.6 Å². The summed E-state index contributed by atoms with van der Waals surface area (Å²) in [6, 6.07) is 4.44. The van der Waals surface area contributed by atoms with Gasteiger partial charge in [0.2, 0.25) is 0 Å². The molecule has 0 bridgehead atoms. The van der Waals surface area contributed by atoms with Gasteiger partial charge in [-0.2, -0.15) is 13.2 Å². The van der Waals surface area contributed by atoms with Crippen LogP contribution in [0.1, 0.15) is 17.3 Å². The molecule has 0 saturated carbocycles. The summed E-state index contributed by atoms with van der Waals surface area (Å²) in [6.07, 6.45) is 0.423. The molecule has 2 atom stereocenters. The third-order valence-corrected chi connectivity index (χ3v) is 6.60. The zero-order valence-electron chi connectivity index (χ0n) is 19.0. The number of carbonyl (C=O) groups excluding carboxylic acids is 1. The van der Waals surface area contributed by atoms with Gasteiger partial charge in [0.1, 0.15) is 5.56 Å². The van der Waals surface area contributed by atoms with Crippen LogP contribution in [-0.4, -0.2) is 42.3 Å². The number of aromatic amines is 1. The number of aryl methyl sites for hydroxylation is 1. The van der Waals surface area contributed by atoms with Crippen molar-refractivity contribution in [1.82, 2.24) is 18.7 Å². The maximum absolute atomic E-state index is 13.8. The number of nitrogens with one attached hydrogen (secondary N) is 1. The standard InChI is InChI=1S/C23H20ClF3N4O5/c1-3-36-19(33)15-12-30(14-7-8-17-16(10-14)28-20(34)29(17)2)21(35)31(18(15)32)11-13-6-4-5-9-22(13,24)23(25,26)27/h4-10,12-13H,3,11H2,1-2H3,(H,28,34). The van der Waals surface area contributed by atoms with E-state index in [9.17, 15) is 32.3 Å². The first-order valence-corrected chi connectivity index (χ1v) is 11.1. The van der Waals surface area contributed by atoms with Crippen molar-refractivity contribution < 1.29 is 22.7 Å². The van der Waals surface area contributed by atoms with E-state index in [4.69, 9.17) is 16.3 Å². The molecule has 13 heteroatoms. The summed E-state index contributed by atoms with van der Waals surface area (Å²) in [5, 5.41) is 0. The van der Waals surface area contributed by atoms with Crippen LogP contribution >= 0.6 is 11.6 Å². The number of rotatable bonds is 5. The molecule has 0 spiro atoms. The molecule has 2 unspecified atom stereocenters. The fourth-order valence-electron chi connectivity index (χ4n) is 4.02. The fraction of sp³-hybridized carbons (Fsp3) is 0.304. The Morgan fingerprint density at radius 3 is 2.61 bits per heavy atom. The quantitative estimate of drug-likeness (QED) is 0.408. The number of nitrogens with zero attached hydrogens (tertiary/aromatic N) is 3. The molecule has 0 amide bonds. The number of hydrogen-bond donors (Lipinski definition) is 1. The summed E-state index contributed by atoms with van der Waals surface area (Å²) in [5.41, 5.74) is -2.05. The van der Waals surface area contributed by atoms with E-state index in [1.165, 1.54) is 42.8 Å². The topological polar surface area (TPSA) is 108 Å². The van der Waals surface area contributed by atoms with Gasteiger partial charge in [-0.05, 0) is 25.1 Å². The predicted octanol–water partition coefficient (Wildman–Crippen LogP) is 2.64. The molecule has 190 valence electrons. The SMILES string of the molecule is CCOC(=O)c1cn(-c2ccc3c(c2)[nH]c(=O)n3C)c(=O)n(CC2C=CC=CC2(Cl)C(F)(F)F)c1=O. The lowest BCUT2D eigenvalue weighted by atomic mass is 9.86. The second-order valence-corrected chi connectivity index (χ2v) is 8.76. The van der Waals surface area contributed by atoms with Crippen molar-refractivity contribution in [2.24, 2.45) is 13.0 Å². The molecule has 2 heterocycles. The Morgan fingerprint density at radius 1 is 1.22 bits per heavy atom. The van der Waals surface area contributed by atoms with E-state index in [-0.39, 0.29) is 12.3 Å². The zero-order chi connectivity index (χ0) is 26.4. The lowest BCUT2D eigenvalue weighted by molar-refractivity contribution is -0.159. The number of benzene rings is 1. The highest BCUT2D eigenvalue weighted by Gasteiger charge is 2.56. The van der Waals surface area contributed by atoms with E-state index in [0.717, 1.165) is 29.0 Å². The van der Waals surface area contributed by atoms with Crippen LogP contribution in [0.5, 0.6) is 0 Å². The molecule has 1 N–H and O–H groups in total. The summed E-state index contributed by atoms with van der Waals surface area (Å²) in [6.45, 7) is 0.666. The summed E-state index contributed by atoms with van der Waals surface area (Å²) >= 11 is 5.95. The number of ether oxygens (including phenoxy) is 1. The minimum Gasteiger partial charge on any atom is -0.462 e. The van der Waals surface area contributed by atoms with Crippen LogP contribution in [0.25, 0.3) is 16.7 Å². The third kappa shape index (κ3) is 4.11. The number of alkyl halides is 4. The van der Waals surface area contributed by atoms with E-state index >= 15 is 0 Å². The third-order valence-electron chi connectivity index (χ3n) is 5.98. The first-order chi connectivity index (χ1) is 16.9. The number of imidazole rings is 1. The van der Waals surface area contributed by atoms with Gasteiger partial charge in [0, 0.05) is 25.7 Å². The van der Waals surface area contributed by atoms with E-state index in [2.05, 4.69) is 4.98 Å². The largest absolute Gasteiger partial charge is 0.462 e. The van der Waals surface area contributed by atoms with E-state index in [1.807, 2.05) is 0 Å². The fourth-order valence-corrected chi connectivity index (χ4v) is 4.24. The molecule has 9 nitrogen and oxygen atoms in total. The Labute approximate surface area is 205 Å². The maximum Gasteiger partial charge on any atom is 0.411 e. The number of allylic oxidation sites excluding steroid dienone is 4. The number of hydrogen-bond acceptors (Lipinski definition) is 5. The maximum atomic E-state index is 13.8. The molecule has 0 radical (unpaired) electrons. The van der Waals surface area contributed by atoms with Gasteiger partial charge in [-0.25, -0.2) is 14.4 Å². The molecular weight excluding hydrogens is 505 g/mol. The number of H-pyrrole nitrogens is 1. The second kappa shape index (κ2) is 9.01. The van der Waals surface area contributed by atoms with Crippen LogP contribution in [0.2, 0.25) is 0 Å². The summed E-state index contributed by atoms with van der Waals surface area (Å²) in [7, 11) is 1.54. The normalized spacial score (nSPS) is 19.7. The lowest BCUT2D eigenvalue weighted by Gasteiger charge is -2.34. The molecule has 36 heavy (non-hydrogen) atoms. The van der Waals surface area contributed by atoms with E-state index < -0.39 is 52.0 Å². The Kier molecular flexibility index (Phi) is 6.33. The molecule has 3 aromatic rings. The van der Waals surface area contributed by atoms with Gasteiger partial charge in [0.05, 0.1) is 23.3 Å². The Hall–Kier alpha value is -3.80. The average molecular weight is 525 g/mol. The minimum absolute atomic E-state index is 0.0797. The number of carbonyl (C=O) groups is 1. The molecule has 1 aromatic carbocycles. The first-order valence-electron chi connectivity index (χ1n) is 10.7. The summed E-state index contributed by atoms with van der Waals surface area (Å²) in [4.78, 5) is 50.7. The van der Waals surface area contributed by atoms with Gasteiger partial charge in [0.25, 0.3) is 5.56 Å². The molecule has 2 aromatic heterocycles. The number of esters is 1. The van der Waals surface area contributed by atoms with Crippen LogP contribution < -0.4 is 16.9 Å². The van der Waals surface area contributed by atoms with Crippen LogP contribution in [0, 0.1) is 5.92 Å². The molecule has 1 aliphatic carbocycles. The first kappa shape index (κ1) is 25.3. The summed E-state index contributed by atoms with van der Waals surface area (Å²) in [5.74, 6) is -2.58. The van der Waals surface area contributed by atoms with Gasteiger partial charge in [-0.1, -0.05) is 24.3 Å².